The fraction of sp³-hybridized carbons (Fsp3) is 0.571. The van der Waals surface area contributed by atoms with Crippen LogP contribution in [0.4, 0.5) is 8.78 Å². The zero-order chi connectivity index (χ0) is 13.8. The number of hydrogen-bond acceptors (Lipinski definition) is 3. The summed E-state index contributed by atoms with van der Waals surface area (Å²) in [6, 6.07) is 2.67. The van der Waals surface area contributed by atoms with Gasteiger partial charge in [0.05, 0.1) is 0 Å². The average molecular weight is 270 g/mol. The van der Waals surface area contributed by atoms with Crippen LogP contribution in [0.25, 0.3) is 0 Å². The fourth-order valence-corrected chi connectivity index (χ4v) is 2.34. The van der Waals surface area contributed by atoms with Gasteiger partial charge in [-0.05, 0) is 38.1 Å². The monoisotopic (exact) mass is 270 g/mol. The minimum absolute atomic E-state index is 0.337. The van der Waals surface area contributed by atoms with Gasteiger partial charge in [-0.15, -0.1) is 0 Å². The summed E-state index contributed by atoms with van der Waals surface area (Å²) in [6.45, 7) is 5.08. The smallest absolute Gasteiger partial charge is 0.200 e. The van der Waals surface area contributed by atoms with Crippen molar-refractivity contribution in [2.45, 2.75) is 12.8 Å². The lowest BCUT2D eigenvalue weighted by Crippen LogP contribution is -2.44. The highest BCUT2D eigenvalue weighted by Gasteiger charge is 2.15. The van der Waals surface area contributed by atoms with Crippen LogP contribution in [-0.2, 0) is 6.42 Å². The highest BCUT2D eigenvalue weighted by molar-refractivity contribution is 5.29. The number of piperazine rings is 1. The summed E-state index contributed by atoms with van der Waals surface area (Å²) in [6.07, 6.45) is 1.29. The van der Waals surface area contributed by atoms with Gasteiger partial charge in [0.25, 0.3) is 0 Å². The van der Waals surface area contributed by atoms with E-state index in [9.17, 15) is 8.78 Å². The van der Waals surface area contributed by atoms with Crippen LogP contribution in [-0.4, -0.2) is 54.7 Å². The maximum atomic E-state index is 13.5. The third kappa shape index (κ3) is 3.64. The first kappa shape index (κ1) is 14.2. The highest BCUT2D eigenvalue weighted by atomic mass is 19.2. The Labute approximate surface area is 112 Å². The van der Waals surface area contributed by atoms with Gasteiger partial charge in [-0.25, -0.2) is 4.39 Å². The van der Waals surface area contributed by atoms with Crippen LogP contribution in [0.15, 0.2) is 12.1 Å². The van der Waals surface area contributed by atoms with Gasteiger partial charge >= 0.3 is 0 Å². The molecule has 1 aromatic rings. The third-order valence-corrected chi connectivity index (χ3v) is 3.66. The minimum atomic E-state index is -1.14. The summed E-state index contributed by atoms with van der Waals surface area (Å²) >= 11 is 0. The van der Waals surface area contributed by atoms with Crippen molar-refractivity contribution in [3.63, 3.8) is 0 Å². The number of aryl methyl sites for hydroxylation is 1. The molecule has 1 N–H and O–H groups in total. The molecule has 0 bridgehead atoms. The zero-order valence-electron chi connectivity index (χ0n) is 11.2. The predicted molar refractivity (Wildman–Crippen MR) is 70.3 cm³/mol. The summed E-state index contributed by atoms with van der Waals surface area (Å²) in [4.78, 5) is 4.63. The molecule has 1 aromatic carbocycles. The van der Waals surface area contributed by atoms with Crippen LogP contribution in [0.3, 0.4) is 0 Å². The van der Waals surface area contributed by atoms with E-state index in [1.165, 1.54) is 12.1 Å². The Hall–Kier alpha value is -1.20. The van der Waals surface area contributed by atoms with Gasteiger partial charge in [-0.3, -0.25) is 0 Å². The molecule has 2 rings (SSSR count). The maximum Gasteiger partial charge on any atom is 0.200 e. The molecule has 1 fully saturated rings. The number of nitrogens with zero attached hydrogens (tertiary/aromatic N) is 2. The Kier molecular flexibility index (Phi) is 4.71. The number of phenolic OH excluding ortho intramolecular Hbond substituents is 1. The summed E-state index contributed by atoms with van der Waals surface area (Å²) in [7, 11) is 2.10. The second-order valence-corrected chi connectivity index (χ2v) is 5.12. The average Bonchev–Trinajstić information content (AvgIpc) is 2.41. The lowest BCUT2D eigenvalue weighted by atomic mass is 10.1. The molecule has 0 amide bonds. The number of hydrogen-bond donors (Lipinski definition) is 1. The van der Waals surface area contributed by atoms with Crippen LogP contribution in [0.2, 0.25) is 0 Å². The van der Waals surface area contributed by atoms with E-state index >= 15 is 0 Å². The SMILES string of the molecule is CN1CCN(CCCc2ccc(O)c(F)c2F)CC1. The summed E-state index contributed by atoms with van der Waals surface area (Å²) in [5.74, 6) is -2.68. The van der Waals surface area contributed by atoms with Crippen molar-refractivity contribution >= 4 is 0 Å². The van der Waals surface area contributed by atoms with Crippen molar-refractivity contribution in [2.75, 3.05) is 39.8 Å². The maximum absolute atomic E-state index is 13.5. The minimum Gasteiger partial charge on any atom is -0.505 e. The molecule has 0 atom stereocenters. The van der Waals surface area contributed by atoms with Crippen molar-refractivity contribution in [3.05, 3.63) is 29.3 Å². The van der Waals surface area contributed by atoms with Crippen LogP contribution in [0, 0.1) is 11.6 Å². The van der Waals surface area contributed by atoms with Gasteiger partial charge in [-0.2, -0.15) is 4.39 Å². The largest absolute Gasteiger partial charge is 0.505 e. The Morgan fingerprint density at radius 2 is 1.79 bits per heavy atom. The van der Waals surface area contributed by atoms with E-state index in [-0.39, 0.29) is 0 Å². The lowest BCUT2D eigenvalue weighted by Gasteiger charge is -2.32. The molecule has 0 saturated carbocycles. The number of phenols is 1. The quantitative estimate of drug-likeness (QED) is 0.904. The lowest BCUT2D eigenvalue weighted by molar-refractivity contribution is 0.153. The Balaban J connectivity index is 1.81. The molecule has 106 valence electrons. The van der Waals surface area contributed by atoms with E-state index < -0.39 is 17.4 Å². The van der Waals surface area contributed by atoms with Gasteiger partial charge in [0.1, 0.15) is 0 Å². The first-order chi connectivity index (χ1) is 9.08. The van der Waals surface area contributed by atoms with Crippen LogP contribution in [0.5, 0.6) is 5.75 Å². The predicted octanol–water partition coefficient (Wildman–Crippen LogP) is 1.85. The molecule has 5 heteroatoms. The van der Waals surface area contributed by atoms with Crippen LogP contribution >= 0.6 is 0 Å². The van der Waals surface area contributed by atoms with Crippen LogP contribution in [0.1, 0.15) is 12.0 Å². The fourth-order valence-electron chi connectivity index (χ4n) is 2.34. The van der Waals surface area contributed by atoms with Gasteiger partial charge in [-0.1, -0.05) is 6.07 Å². The molecule has 1 saturated heterocycles. The molecule has 1 aliphatic heterocycles. The highest BCUT2D eigenvalue weighted by Crippen LogP contribution is 2.22. The van der Waals surface area contributed by atoms with Gasteiger partial charge < -0.3 is 14.9 Å². The normalized spacial score (nSPS) is 17.8. The Morgan fingerprint density at radius 3 is 2.47 bits per heavy atom. The summed E-state index contributed by atoms with van der Waals surface area (Å²) < 4.78 is 26.7. The number of benzene rings is 1. The van der Waals surface area contributed by atoms with E-state index in [0.29, 0.717) is 12.0 Å². The molecule has 1 heterocycles. The molecule has 0 aromatic heterocycles. The zero-order valence-corrected chi connectivity index (χ0v) is 11.2. The Bertz CT molecular complexity index is 432. The molecule has 0 spiro atoms. The van der Waals surface area contributed by atoms with Crippen LogP contribution < -0.4 is 0 Å². The number of halogens is 2. The second kappa shape index (κ2) is 6.30. The van der Waals surface area contributed by atoms with Gasteiger partial charge in [0.15, 0.2) is 11.6 Å². The van der Waals surface area contributed by atoms with Crippen molar-refractivity contribution in [1.82, 2.24) is 9.80 Å². The number of aromatic hydroxyl groups is 1. The topological polar surface area (TPSA) is 26.7 Å². The van der Waals surface area contributed by atoms with E-state index in [2.05, 4.69) is 16.8 Å². The van der Waals surface area contributed by atoms with Crippen molar-refractivity contribution in [1.29, 1.82) is 0 Å². The van der Waals surface area contributed by atoms with Gasteiger partial charge in [0.2, 0.25) is 5.82 Å². The molecular weight excluding hydrogens is 250 g/mol. The van der Waals surface area contributed by atoms with E-state index in [0.717, 1.165) is 39.1 Å². The second-order valence-electron chi connectivity index (χ2n) is 5.12. The van der Waals surface area contributed by atoms with E-state index in [1.807, 2.05) is 0 Å². The molecule has 19 heavy (non-hydrogen) atoms. The Morgan fingerprint density at radius 1 is 1.11 bits per heavy atom. The number of likely N-dealkylation sites (N-methyl/N-ethyl adjacent to an activating group) is 1. The molecule has 0 radical (unpaired) electrons. The molecule has 0 unspecified atom stereocenters. The summed E-state index contributed by atoms with van der Waals surface area (Å²) in [5.41, 5.74) is 0.337. The van der Waals surface area contributed by atoms with Gasteiger partial charge in [0, 0.05) is 26.2 Å². The number of rotatable bonds is 4. The molecule has 1 aliphatic rings. The van der Waals surface area contributed by atoms with E-state index in [4.69, 9.17) is 5.11 Å². The van der Waals surface area contributed by atoms with Crippen molar-refractivity contribution in [2.24, 2.45) is 0 Å². The van der Waals surface area contributed by atoms with Crippen molar-refractivity contribution in [3.8, 4) is 5.75 Å². The molecule has 3 nitrogen and oxygen atoms in total. The molecule has 0 aliphatic carbocycles. The standard InChI is InChI=1S/C14H20F2N2O/c1-17-7-9-18(10-8-17)6-2-3-11-4-5-12(19)14(16)13(11)15/h4-5,19H,2-3,6-10H2,1H3. The summed E-state index contributed by atoms with van der Waals surface area (Å²) in [5, 5.41) is 9.05. The third-order valence-electron chi connectivity index (χ3n) is 3.66. The first-order valence-corrected chi connectivity index (χ1v) is 6.64. The molecular formula is C14H20F2N2O. The first-order valence-electron chi connectivity index (χ1n) is 6.64. The van der Waals surface area contributed by atoms with E-state index in [1.54, 1.807) is 0 Å². The van der Waals surface area contributed by atoms with Crippen molar-refractivity contribution < 1.29 is 13.9 Å².